The molecule has 2 N–H and O–H groups in total. The summed E-state index contributed by atoms with van der Waals surface area (Å²) in [6.45, 7) is 4.39. The maximum atomic E-state index is 6.16. The van der Waals surface area contributed by atoms with E-state index in [-0.39, 0.29) is 0 Å². The van der Waals surface area contributed by atoms with Crippen molar-refractivity contribution in [2.24, 2.45) is 13.0 Å². The first-order valence-corrected chi connectivity index (χ1v) is 8.04. The number of aromatic nitrogens is 2. The van der Waals surface area contributed by atoms with Gasteiger partial charge in [0.1, 0.15) is 5.82 Å². The topological polar surface area (TPSA) is 43.8 Å². The molecule has 0 aliphatic heterocycles. The van der Waals surface area contributed by atoms with E-state index >= 15 is 0 Å². The lowest BCUT2D eigenvalue weighted by Gasteiger charge is -2.08. The number of nitrogens with zero attached hydrogens (tertiary/aromatic N) is 2. The molecule has 1 heterocycles. The Bertz CT molecular complexity index is 605. The van der Waals surface area contributed by atoms with Crippen molar-refractivity contribution in [3.05, 3.63) is 31.8 Å². The lowest BCUT2D eigenvalue weighted by Crippen LogP contribution is -2.02. The molecule has 3 nitrogen and oxygen atoms in total. The Labute approximate surface area is 135 Å². The van der Waals surface area contributed by atoms with Gasteiger partial charge in [-0.05, 0) is 53.1 Å². The zero-order valence-corrected chi connectivity index (χ0v) is 15.0. The molecule has 102 valence electrons. The highest BCUT2D eigenvalue weighted by molar-refractivity contribution is 14.1. The summed E-state index contributed by atoms with van der Waals surface area (Å²) in [5.41, 5.74) is 9.45. The molecule has 0 aliphatic carbocycles. The summed E-state index contributed by atoms with van der Waals surface area (Å²) in [7, 11) is 1.90. The number of rotatable bonds is 3. The molecule has 0 saturated heterocycles. The summed E-state index contributed by atoms with van der Waals surface area (Å²) in [4.78, 5) is 0. The lowest BCUT2D eigenvalue weighted by molar-refractivity contribution is 0.648. The van der Waals surface area contributed by atoms with Crippen LogP contribution < -0.4 is 5.73 Å². The Balaban J connectivity index is 2.61. The summed E-state index contributed by atoms with van der Waals surface area (Å²) in [5, 5.41) is 4.60. The van der Waals surface area contributed by atoms with Gasteiger partial charge in [-0.1, -0.05) is 29.8 Å². The molecule has 0 bridgehead atoms. The minimum absolute atomic E-state index is 0.551. The second kappa shape index (κ2) is 5.83. The molecule has 0 radical (unpaired) electrons. The van der Waals surface area contributed by atoms with Gasteiger partial charge in [0, 0.05) is 26.2 Å². The average molecular weight is 434 g/mol. The fourth-order valence-corrected chi connectivity index (χ4v) is 3.04. The van der Waals surface area contributed by atoms with Gasteiger partial charge in [-0.15, -0.1) is 0 Å². The monoisotopic (exact) mass is 433 g/mol. The number of nitrogens with two attached hydrogens (primary N) is 1. The van der Waals surface area contributed by atoms with E-state index in [2.05, 4.69) is 69.6 Å². The van der Waals surface area contributed by atoms with E-state index in [0.717, 1.165) is 33.5 Å². The summed E-state index contributed by atoms with van der Waals surface area (Å²) >= 11 is 5.87. The Morgan fingerprint density at radius 2 is 2.11 bits per heavy atom. The summed E-state index contributed by atoms with van der Waals surface area (Å²) in [6, 6.07) is 6.23. The Morgan fingerprint density at radius 1 is 1.42 bits per heavy atom. The second-order valence-corrected chi connectivity index (χ2v) is 7.14. The third-order valence-electron chi connectivity index (χ3n) is 2.99. The van der Waals surface area contributed by atoms with Gasteiger partial charge in [0.05, 0.1) is 5.69 Å². The van der Waals surface area contributed by atoms with Crippen molar-refractivity contribution in [1.29, 1.82) is 0 Å². The van der Waals surface area contributed by atoms with Gasteiger partial charge >= 0.3 is 0 Å². The van der Waals surface area contributed by atoms with Crippen LogP contribution in [-0.2, 0) is 13.5 Å². The van der Waals surface area contributed by atoms with E-state index in [0.29, 0.717) is 5.92 Å². The largest absolute Gasteiger partial charge is 0.384 e. The third kappa shape index (κ3) is 3.13. The smallest absolute Gasteiger partial charge is 0.125 e. The highest BCUT2D eigenvalue weighted by Gasteiger charge is 2.18. The quantitative estimate of drug-likeness (QED) is 0.736. The van der Waals surface area contributed by atoms with Gasteiger partial charge in [0.25, 0.3) is 0 Å². The van der Waals surface area contributed by atoms with E-state index in [1.165, 1.54) is 3.57 Å². The number of halogens is 2. The first-order valence-electron chi connectivity index (χ1n) is 6.17. The highest BCUT2D eigenvalue weighted by atomic mass is 127. The van der Waals surface area contributed by atoms with Crippen molar-refractivity contribution >= 4 is 44.3 Å². The van der Waals surface area contributed by atoms with Crippen LogP contribution in [0.25, 0.3) is 11.3 Å². The Hall–Kier alpha value is -0.560. The molecule has 0 saturated carbocycles. The number of hydrogen-bond donors (Lipinski definition) is 1. The predicted octanol–water partition coefficient (Wildman–Crippen LogP) is 4.23. The lowest BCUT2D eigenvalue weighted by atomic mass is 9.99. The highest BCUT2D eigenvalue weighted by Crippen LogP contribution is 2.33. The number of aryl methyl sites for hydroxylation is 1. The van der Waals surface area contributed by atoms with Gasteiger partial charge in [-0.2, -0.15) is 5.10 Å². The van der Waals surface area contributed by atoms with Crippen LogP contribution in [0.4, 0.5) is 5.82 Å². The van der Waals surface area contributed by atoms with Crippen LogP contribution in [0.15, 0.2) is 22.7 Å². The van der Waals surface area contributed by atoms with Crippen molar-refractivity contribution < 1.29 is 0 Å². The zero-order valence-electron chi connectivity index (χ0n) is 11.2. The van der Waals surface area contributed by atoms with Gasteiger partial charge in [0.2, 0.25) is 0 Å². The van der Waals surface area contributed by atoms with E-state index < -0.39 is 0 Å². The molecule has 1 aromatic heterocycles. The van der Waals surface area contributed by atoms with E-state index in [9.17, 15) is 0 Å². The second-order valence-electron chi connectivity index (χ2n) is 5.06. The molecule has 0 atom stereocenters. The van der Waals surface area contributed by atoms with Crippen molar-refractivity contribution in [3.63, 3.8) is 0 Å². The fraction of sp³-hybridized carbons (Fsp3) is 0.357. The molecule has 5 heteroatoms. The SMILES string of the molecule is CC(C)Cc1c(-c2cc(Br)ccc2I)nn(C)c1N. The normalized spacial score (nSPS) is 11.3. The number of anilines is 1. The van der Waals surface area contributed by atoms with Crippen LogP contribution in [-0.4, -0.2) is 9.78 Å². The molecule has 0 fully saturated rings. The molecule has 0 aliphatic rings. The molecule has 19 heavy (non-hydrogen) atoms. The van der Waals surface area contributed by atoms with Gasteiger partial charge in [0.15, 0.2) is 0 Å². The van der Waals surface area contributed by atoms with Crippen LogP contribution in [0, 0.1) is 9.49 Å². The number of nitrogen functional groups attached to an aromatic ring is 1. The van der Waals surface area contributed by atoms with E-state index in [4.69, 9.17) is 5.73 Å². The minimum Gasteiger partial charge on any atom is -0.384 e. The summed E-state index contributed by atoms with van der Waals surface area (Å²) in [6.07, 6.45) is 0.942. The first-order chi connectivity index (χ1) is 8.90. The predicted molar refractivity (Wildman–Crippen MR) is 92.0 cm³/mol. The van der Waals surface area contributed by atoms with Gasteiger partial charge in [-0.3, -0.25) is 4.68 Å². The van der Waals surface area contributed by atoms with Gasteiger partial charge < -0.3 is 5.73 Å². The zero-order chi connectivity index (χ0) is 14.2. The fourth-order valence-electron chi connectivity index (χ4n) is 2.09. The van der Waals surface area contributed by atoms with Crippen LogP contribution in [0.1, 0.15) is 19.4 Å². The number of benzene rings is 1. The molecule has 2 rings (SSSR count). The third-order valence-corrected chi connectivity index (χ3v) is 4.42. The van der Waals surface area contributed by atoms with Crippen molar-refractivity contribution in [2.45, 2.75) is 20.3 Å². The summed E-state index contributed by atoms with van der Waals surface area (Å²) in [5.74, 6) is 1.31. The molecule has 1 aromatic carbocycles. The van der Waals surface area contributed by atoms with Crippen LogP contribution in [0.5, 0.6) is 0 Å². The number of hydrogen-bond acceptors (Lipinski definition) is 2. The molecule has 0 spiro atoms. The average Bonchev–Trinajstić information content (AvgIpc) is 2.60. The van der Waals surface area contributed by atoms with Crippen LogP contribution >= 0.6 is 38.5 Å². The van der Waals surface area contributed by atoms with Crippen LogP contribution in [0.2, 0.25) is 0 Å². The first kappa shape index (κ1) is 14.8. The molecular formula is C14H17BrIN3. The molecule has 0 amide bonds. The summed E-state index contributed by atoms with van der Waals surface area (Å²) < 4.78 is 4.01. The molecule has 2 aromatic rings. The standard InChI is InChI=1S/C14H17BrIN3/c1-8(2)6-11-13(18-19(3)14(11)17)10-7-9(15)4-5-12(10)16/h4-5,7-8H,6,17H2,1-3H3. The van der Waals surface area contributed by atoms with Crippen molar-refractivity contribution in [2.75, 3.05) is 5.73 Å². The van der Waals surface area contributed by atoms with Crippen molar-refractivity contribution in [1.82, 2.24) is 9.78 Å². The Kier molecular flexibility index (Phi) is 4.55. The van der Waals surface area contributed by atoms with Gasteiger partial charge in [-0.25, -0.2) is 0 Å². The molecular weight excluding hydrogens is 417 g/mol. The Morgan fingerprint density at radius 3 is 2.74 bits per heavy atom. The van der Waals surface area contributed by atoms with E-state index in [1.54, 1.807) is 4.68 Å². The van der Waals surface area contributed by atoms with E-state index in [1.807, 2.05) is 13.1 Å². The maximum absolute atomic E-state index is 6.16. The molecule has 0 unspecified atom stereocenters. The minimum atomic E-state index is 0.551. The van der Waals surface area contributed by atoms with Crippen LogP contribution in [0.3, 0.4) is 0 Å². The maximum Gasteiger partial charge on any atom is 0.125 e. The van der Waals surface area contributed by atoms with Crippen molar-refractivity contribution in [3.8, 4) is 11.3 Å².